The Bertz CT molecular complexity index is 1570. The van der Waals surface area contributed by atoms with Crippen LogP contribution < -0.4 is 17.1 Å². The van der Waals surface area contributed by atoms with E-state index in [1.54, 1.807) is 0 Å². The SMILES string of the molecule is CO[Si](CCCn1c(=O)n(CCC[Si](OC)(OC)OC)c(=O)n(C(OCC(C)O[Si](OC)(OC)OC)C(F)(F)C(F)(F)OC(F)(F)C(F)(F)C(C)(F)F)c1=O)(OC)OC. The maximum atomic E-state index is 16.2. The number of nitrogens with zero attached hydrogens (tertiary/aromatic N) is 3. The predicted octanol–water partition coefficient (Wildman–Crippen LogP) is 3.13. The topological polar surface area (TPSA) is 177 Å². The number of rotatable bonds is 29. The van der Waals surface area contributed by atoms with Gasteiger partial charge in [-0.15, -0.1) is 0 Å². The van der Waals surface area contributed by atoms with Crippen LogP contribution in [0.5, 0.6) is 0 Å². The van der Waals surface area contributed by atoms with Crippen LogP contribution in [0.1, 0.15) is 32.9 Å². The van der Waals surface area contributed by atoms with E-state index in [-0.39, 0.29) is 34.1 Å². The molecule has 2 unspecified atom stereocenters. The summed E-state index contributed by atoms with van der Waals surface area (Å²) in [6.07, 6.45) is -20.5. The third kappa shape index (κ3) is 12.1. The molecule has 0 saturated carbocycles. The van der Waals surface area contributed by atoms with Crippen molar-refractivity contribution >= 4 is 26.7 Å². The van der Waals surface area contributed by atoms with Gasteiger partial charge >= 0.3 is 73.7 Å². The van der Waals surface area contributed by atoms with Gasteiger partial charge in [-0.2, -0.15) is 43.9 Å². The highest BCUT2D eigenvalue weighted by molar-refractivity contribution is 6.60. The molecule has 0 fully saturated rings. The van der Waals surface area contributed by atoms with Crippen LogP contribution in [0.15, 0.2) is 14.4 Å². The van der Waals surface area contributed by atoms with Crippen molar-refractivity contribution in [3.63, 3.8) is 0 Å². The highest BCUT2D eigenvalue weighted by Crippen LogP contribution is 2.52. The summed E-state index contributed by atoms with van der Waals surface area (Å²) >= 11 is 0. The van der Waals surface area contributed by atoms with E-state index in [9.17, 15) is 40.7 Å². The smallest absolute Gasteiger partial charge is 0.377 e. The number of hydrogen-bond acceptors (Lipinski definition) is 15. The van der Waals surface area contributed by atoms with Gasteiger partial charge in [0.2, 0.25) is 6.23 Å². The lowest BCUT2D eigenvalue weighted by molar-refractivity contribution is -0.494. The molecule has 0 aliphatic heterocycles. The van der Waals surface area contributed by atoms with Gasteiger partial charge in [0.25, 0.3) is 0 Å². The summed E-state index contributed by atoms with van der Waals surface area (Å²) in [4.78, 5) is 41.6. The minimum Gasteiger partial charge on any atom is -0.377 e. The Morgan fingerprint density at radius 2 is 0.949 bits per heavy atom. The minimum atomic E-state index is -7.05. The molecule has 0 saturated heterocycles. The van der Waals surface area contributed by atoms with E-state index in [1.165, 1.54) is 42.7 Å². The average Bonchev–Trinajstić information content (AvgIpc) is 3.17. The van der Waals surface area contributed by atoms with Gasteiger partial charge in [0.05, 0.1) is 12.7 Å². The summed E-state index contributed by atoms with van der Waals surface area (Å²) in [6.45, 7) is -2.89. The van der Waals surface area contributed by atoms with Crippen molar-refractivity contribution in [3.8, 4) is 0 Å². The van der Waals surface area contributed by atoms with E-state index in [2.05, 4.69) is 4.74 Å². The molecule has 2 atom stereocenters. The molecule has 0 amide bonds. The summed E-state index contributed by atoms with van der Waals surface area (Å²) in [7, 11) is -0.942. The second kappa shape index (κ2) is 21.3. The number of alkyl halides is 10. The van der Waals surface area contributed by atoms with E-state index in [0.29, 0.717) is 0 Å². The van der Waals surface area contributed by atoms with Gasteiger partial charge in [0, 0.05) is 96.1 Å². The molecule has 1 heterocycles. The van der Waals surface area contributed by atoms with Crippen LogP contribution in [0.2, 0.25) is 12.1 Å². The zero-order valence-electron chi connectivity index (χ0n) is 33.8. The number of halogens is 10. The first-order chi connectivity index (χ1) is 27.0. The highest BCUT2D eigenvalue weighted by Gasteiger charge is 2.77. The Kier molecular flexibility index (Phi) is 19.8. The molecule has 0 spiro atoms. The number of hydrogen-bond donors (Lipinski definition) is 0. The monoisotopic (exact) mass is 941 g/mol. The van der Waals surface area contributed by atoms with E-state index in [4.69, 9.17) is 49.0 Å². The molecule has 59 heavy (non-hydrogen) atoms. The molecule has 1 aromatic heterocycles. The fourth-order valence-corrected chi connectivity index (χ4v) is 9.95. The molecule has 1 rings (SSSR count). The maximum Gasteiger partial charge on any atom is 0.679 e. The molecular formula is C28H49F10N3O15Si3. The third-order valence-electron chi connectivity index (χ3n) is 8.62. The van der Waals surface area contributed by atoms with Crippen LogP contribution >= 0.6 is 0 Å². The fraction of sp³-hybridized carbons (Fsp3) is 0.893. The zero-order chi connectivity index (χ0) is 46.1. The van der Waals surface area contributed by atoms with Crippen LogP contribution in [0.3, 0.4) is 0 Å². The summed E-state index contributed by atoms with van der Waals surface area (Å²) < 4.78 is 206. The van der Waals surface area contributed by atoms with Crippen molar-refractivity contribution in [2.75, 3.05) is 70.6 Å². The molecule has 1 aromatic rings. The van der Waals surface area contributed by atoms with Crippen molar-refractivity contribution in [1.82, 2.24) is 13.7 Å². The van der Waals surface area contributed by atoms with Crippen molar-refractivity contribution in [2.24, 2.45) is 0 Å². The number of aromatic nitrogens is 3. The fourth-order valence-electron chi connectivity index (χ4n) is 5.19. The van der Waals surface area contributed by atoms with E-state index >= 15 is 17.6 Å². The third-order valence-corrected chi connectivity index (χ3v) is 16.5. The Morgan fingerprint density at radius 1 is 0.576 bits per heavy atom. The summed E-state index contributed by atoms with van der Waals surface area (Å²) in [5.74, 6) is -19.2. The second-order valence-electron chi connectivity index (χ2n) is 12.3. The van der Waals surface area contributed by atoms with Gasteiger partial charge in [-0.05, 0) is 19.8 Å². The lowest BCUT2D eigenvalue weighted by atomic mass is 10.1. The quantitative estimate of drug-likeness (QED) is 0.0846. The van der Waals surface area contributed by atoms with Crippen LogP contribution in [0.4, 0.5) is 43.9 Å². The lowest BCUT2D eigenvalue weighted by Crippen LogP contribution is -2.63. The molecule has 31 heteroatoms. The van der Waals surface area contributed by atoms with E-state index in [0.717, 1.165) is 28.3 Å². The van der Waals surface area contributed by atoms with Gasteiger partial charge in [-0.25, -0.2) is 32.8 Å². The number of ether oxygens (including phenoxy) is 2. The van der Waals surface area contributed by atoms with Gasteiger partial charge in [-0.3, -0.25) is 0 Å². The molecule has 0 N–H and O–H groups in total. The summed E-state index contributed by atoms with van der Waals surface area (Å²) in [6, 6.07) is -0.394. The van der Waals surface area contributed by atoms with Gasteiger partial charge < -0.3 is 49.0 Å². The first-order valence-electron chi connectivity index (χ1n) is 16.8. The van der Waals surface area contributed by atoms with Gasteiger partial charge in [-0.1, -0.05) is 0 Å². The average molecular weight is 942 g/mol. The first kappa shape index (κ1) is 54.9. The molecule has 0 aliphatic carbocycles. The van der Waals surface area contributed by atoms with Crippen LogP contribution in [0, 0.1) is 0 Å². The molecule has 0 bridgehead atoms. The Balaban J connectivity index is 4.25. The molecule has 348 valence electrons. The van der Waals surface area contributed by atoms with Gasteiger partial charge in [0.15, 0.2) is 0 Å². The van der Waals surface area contributed by atoms with E-state index in [1.807, 2.05) is 0 Å². The molecule has 0 aromatic carbocycles. The molecule has 0 radical (unpaired) electrons. The highest BCUT2D eigenvalue weighted by atomic mass is 28.4. The summed E-state index contributed by atoms with van der Waals surface area (Å²) in [5, 5.41) is 0. The minimum absolute atomic E-state index is 0.0969. The van der Waals surface area contributed by atoms with E-state index < -0.39 is 117 Å². The summed E-state index contributed by atoms with van der Waals surface area (Å²) in [5.41, 5.74) is -5.79. The molecular weight excluding hydrogens is 893 g/mol. The Morgan fingerprint density at radius 3 is 1.27 bits per heavy atom. The zero-order valence-corrected chi connectivity index (χ0v) is 36.8. The van der Waals surface area contributed by atoms with Crippen LogP contribution in [-0.4, -0.2) is 147 Å². The van der Waals surface area contributed by atoms with Gasteiger partial charge in [0.1, 0.15) is 0 Å². The maximum absolute atomic E-state index is 16.2. The largest absolute Gasteiger partial charge is 0.679 e. The van der Waals surface area contributed by atoms with Crippen molar-refractivity contribution in [2.45, 2.75) is 94.2 Å². The molecule has 18 nitrogen and oxygen atoms in total. The Hall–Kier alpha value is -2.12. The van der Waals surface area contributed by atoms with Crippen molar-refractivity contribution < 1.29 is 97.6 Å². The Labute approximate surface area is 334 Å². The second-order valence-corrected chi connectivity index (χ2v) is 20.9. The van der Waals surface area contributed by atoms with Crippen LogP contribution in [-0.2, 0) is 66.8 Å². The van der Waals surface area contributed by atoms with Crippen molar-refractivity contribution in [1.29, 1.82) is 0 Å². The first-order valence-corrected chi connectivity index (χ1v) is 22.3. The van der Waals surface area contributed by atoms with Crippen molar-refractivity contribution in [3.05, 3.63) is 31.5 Å². The molecule has 0 aliphatic rings. The predicted molar refractivity (Wildman–Crippen MR) is 185 cm³/mol. The van der Waals surface area contributed by atoms with Crippen LogP contribution in [0.25, 0.3) is 0 Å². The standard InChI is InChI=1S/C28H49F10N3O15Si3/c1-19(55-59(51-9,52-10)53-11)18-54-20(25(31,32)27(35,36)56-28(37,38)26(33,34)24(2,29)30)41-22(43)39(14-12-16-57(45-3,46-4)47-5)21(42)40(23(41)44)15-13-17-58(48-6,49-7)50-8/h19-20H,12-18H2,1-11H3. The normalized spacial score (nSPS) is 15.2. The lowest BCUT2D eigenvalue weighted by Gasteiger charge is -2.37.